The summed E-state index contributed by atoms with van der Waals surface area (Å²) in [6, 6.07) is 10.1. The molecule has 1 fully saturated rings. The van der Waals surface area contributed by atoms with Crippen molar-refractivity contribution in [2.75, 3.05) is 33.9 Å². The van der Waals surface area contributed by atoms with Crippen LogP contribution in [0.5, 0.6) is 17.4 Å². The minimum Gasteiger partial charge on any atom is -0.493 e. The molecule has 32 heavy (non-hydrogen) atoms. The van der Waals surface area contributed by atoms with Crippen LogP contribution >= 0.6 is 24.0 Å². The Morgan fingerprint density at radius 3 is 2.56 bits per heavy atom. The number of aliphatic imine (C=N–C) groups is 1. The lowest BCUT2D eigenvalue weighted by Gasteiger charge is -2.13. The molecule has 7 nitrogen and oxygen atoms in total. The highest BCUT2D eigenvalue weighted by molar-refractivity contribution is 14.0. The molecule has 0 bridgehead atoms. The molecule has 2 N–H and O–H groups in total. The zero-order valence-electron chi connectivity index (χ0n) is 19.2. The van der Waals surface area contributed by atoms with Gasteiger partial charge in [-0.2, -0.15) is 0 Å². The van der Waals surface area contributed by atoms with Gasteiger partial charge in [-0.25, -0.2) is 4.98 Å². The molecule has 0 spiro atoms. The molecule has 0 aliphatic heterocycles. The van der Waals surface area contributed by atoms with E-state index < -0.39 is 0 Å². The molecule has 1 aromatic carbocycles. The van der Waals surface area contributed by atoms with Gasteiger partial charge in [-0.1, -0.05) is 12.1 Å². The number of halogens is 1. The average molecular weight is 554 g/mol. The Bertz CT molecular complexity index is 842. The molecule has 0 saturated heterocycles. The Hall–Kier alpha value is -2.23. The Kier molecular flexibility index (Phi) is 11.4. The number of nitrogens with zero attached hydrogens (tertiary/aromatic N) is 2. The molecule has 1 aromatic heterocycles. The number of rotatable bonds is 12. The topological polar surface area (TPSA) is 77.0 Å². The van der Waals surface area contributed by atoms with Crippen molar-refractivity contribution in [2.24, 2.45) is 10.9 Å². The van der Waals surface area contributed by atoms with E-state index in [0.29, 0.717) is 19.0 Å². The lowest BCUT2D eigenvalue weighted by atomic mass is 10.1. The second-order valence-corrected chi connectivity index (χ2v) is 7.63. The predicted octanol–water partition coefficient (Wildman–Crippen LogP) is 4.19. The lowest BCUT2D eigenvalue weighted by molar-refractivity contribution is 0.288. The van der Waals surface area contributed by atoms with E-state index in [-0.39, 0.29) is 24.0 Å². The standard InChI is InChI=1S/C24H34N4O3.HI/c1-4-30-22-14-18(9-11-21(22)29-3)6-5-13-26-24(25-2)28-16-20-10-12-23(27-15-20)31-17-19-7-8-19;/h9-12,14-15,19H,4-8,13,16-17H2,1-3H3,(H2,25,26,28);1H. The van der Waals surface area contributed by atoms with Crippen molar-refractivity contribution < 1.29 is 14.2 Å². The van der Waals surface area contributed by atoms with Gasteiger partial charge < -0.3 is 24.8 Å². The van der Waals surface area contributed by atoms with Crippen LogP contribution in [0.1, 0.15) is 37.3 Å². The maximum atomic E-state index is 5.68. The van der Waals surface area contributed by atoms with Crippen molar-refractivity contribution >= 4 is 29.9 Å². The van der Waals surface area contributed by atoms with E-state index in [9.17, 15) is 0 Å². The molecule has 8 heteroatoms. The zero-order chi connectivity index (χ0) is 21.9. The molecule has 0 radical (unpaired) electrons. The van der Waals surface area contributed by atoms with Crippen molar-refractivity contribution in [1.29, 1.82) is 0 Å². The second-order valence-electron chi connectivity index (χ2n) is 7.63. The van der Waals surface area contributed by atoms with Gasteiger partial charge in [-0.15, -0.1) is 24.0 Å². The molecule has 1 aliphatic rings. The van der Waals surface area contributed by atoms with Crippen LogP contribution in [0.15, 0.2) is 41.5 Å². The van der Waals surface area contributed by atoms with Crippen LogP contribution < -0.4 is 24.8 Å². The summed E-state index contributed by atoms with van der Waals surface area (Å²) >= 11 is 0. The predicted molar refractivity (Wildman–Crippen MR) is 139 cm³/mol. The fraction of sp³-hybridized carbons (Fsp3) is 0.500. The third-order valence-electron chi connectivity index (χ3n) is 5.11. The molecule has 176 valence electrons. The van der Waals surface area contributed by atoms with Gasteiger partial charge in [0.1, 0.15) is 0 Å². The zero-order valence-corrected chi connectivity index (χ0v) is 21.6. The van der Waals surface area contributed by atoms with Crippen LogP contribution in [0.4, 0.5) is 0 Å². The summed E-state index contributed by atoms with van der Waals surface area (Å²) in [4.78, 5) is 8.68. The van der Waals surface area contributed by atoms with Gasteiger partial charge in [0.05, 0.1) is 20.3 Å². The molecule has 0 unspecified atom stereocenters. The summed E-state index contributed by atoms with van der Waals surface area (Å²) < 4.78 is 16.7. The number of nitrogens with one attached hydrogen (secondary N) is 2. The number of hydrogen-bond donors (Lipinski definition) is 2. The van der Waals surface area contributed by atoms with E-state index in [1.54, 1.807) is 14.2 Å². The monoisotopic (exact) mass is 554 g/mol. The minimum atomic E-state index is 0. The van der Waals surface area contributed by atoms with E-state index >= 15 is 0 Å². The number of ether oxygens (including phenoxy) is 3. The molecule has 1 aliphatic carbocycles. The van der Waals surface area contributed by atoms with Crippen molar-refractivity contribution in [3.63, 3.8) is 0 Å². The molecule has 0 amide bonds. The van der Waals surface area contributed by atoms with Gasteiger partial charge in [-0.05, 0) is 61.8 Å². The molecule has 1 saturated carbocycles. The quantitative estimate of drug-likeness (QED) is 0.177. The number of guanidine groups is 1. The first-order valence-corrected chi connectivity index (χ1v) is 11.0. The Balaban J connectivity index is 0.00000363. The highest BCUT2D eigenvalue weighted by Gasteiger charge is 2.22. The van der Waals surface area contributed by atoms with Gasteiger partial charge in [-0.3, -0.25) is 4.99 Å². The minimum absolute atomic E-state index is 0. The third kappa shape index (κ3) is 8.72. The van der Waals surface area contributed by atoms with E-state index in [0.717, 1.165) is 54.9 Å². The highest BCUT2D eigenvalue weighted by Crippen LogP contribution is 2.29. The van der Waals surface area contributed by atoms with Gasteiger partial charge in [0.15, 0.2) is 17.5 Å². The molecule has 0 atom stereocenters. The van der Waals surface area contributed by atoms with Crippen LogP contribution in [0.3, 0.4) is 0 Å². The van der Waals surface area contributed by atoms with Crippen LogP contribution in [-0.4, -0.2) is 44.9 Å². The maximum Gasteiger partial charge on any atom is 0.213 e. The summed E-state index contributed by atoms with van der Waals surface area (Å²) in [6.07, 6.45) is 6.33. The fourth-order valence-electron chi connectivity index (χ4n) is 3.14. The number of benzene rings is 1. The molecule has 3 rings (SSSR count). The number of hydrogen-bond acceptors (Lipinski definition) is 5. The van der Waals surface area contributed by atoms with Crippen molar-refractivity contribution in [3.8, 4) is 17.4 Å². The first kappa shape index (κ1) is 26.0. The largest absolute Gasteiger partial charge is 0.493 e. The number of methoxy groups -OCH3 is 1. The van der Waals surface area contributed by atoms with Crippen LogP contribution in [-0.2, 0) is 13.0 Å². The van der Waals surface area contributed by atoms with Crippen molar-refractivity contribution in [3.05, 3.63) is 47.7 Å². The summed E-state index contributed by atoms with van der Waals surface area (Å²) in [5.74, 6) is 3.77. The summed E-state index contributed by atoms with van der Waals surface area (Å²) in [7, 11) is 3.44. The van der Waals surface area contributed by atoms with Crippen LogP contribution in [0.2, 0.25) is 0 Å². The normalized spacial score (nSPS) is 13.2. The number of aryl methyl sites for hydroxylation is 1. The van der Waals surface area contributed by atoms with Crippen LogP contribution in [0.25, 0.3) is 0 Å². The summed E-state index contributed by atoms with van der Waals surface area (Å²) in [5, 5.41) is 6.69. The smallest absolute Gasteiger partial charge is 0.213 e. The van der Waals surface area contributed by atoms with Crippen molar-refractivity contribution in [1.82, 2.24) is 15.6 Å². The molecular weight excluding hydrogens is 519 g/mol. The van der Waals surface area contributed by atoms with E-state index in [2.05, 4.69) is 32.7 Å². The van der Waals surface area contributed by atoms with Gasteiger partial charge in [0.2, 0.25) is 5.88 Å². The summed E-state index contributed by atoms with van der Waals surface area (Å²) in [6.45, 7) is 4.86. The first-order chi connectivity index (χ1) is 15.2. The van der Waals surface area contributed by atoms with E-state index in [1.165, 1.54) is 18.4 Å². The molecule has 2 aromatic rings. The third-order valence-corrected chi connectivity index (χ3v) is 5.11. The maximum absolute atomic E-state index is 5.68. The Labute approximate surface area is 208 Å². The molecule has 1 heterocycles. The van der Waals surface area contributed by atoms with Crippen molar-refractivity contribution in [2.45, 2.75) is 39.2 Å². The first-order valence-electron chi connectivity index (χ1n) is 11.0. The van der Waals surface area contributed by atoms with E-state index in [4.69, 9.17) is 14.2 Å². The average Bonchev–Trinajstić information content (AvgIpc) is 3.63. The highest BCUT2D eigenvalue weighted by atomic mass is 127. The number of pyridine rings is 1. The van der Waals surface area contributed by atoms with Gasteiger partial charge in [0, 0.05) is 32.4 Å². The summed E-state index contributed by atoms with van der Waals surface area (Å²) in [5.41, 5.74) is 2.31. The SMILES string of the molecule is CCOc1cc(CCCNC(=NC)NCc2ccc(OCC3CC3)nc2)ccc1OC.I. The molecular formula is C24H35IN4O3. The number of aromatic nitrogens is 1. The fourth-order valence-corrected chi connectivity index (χ4v) is 3.14. The van der Waals surface area contributed by atoms with Gasteiger partial charge >= 0.3 is 0 Å². The van der Waals surface area contributed by atoms with Gasteiger partial charge in [0.25, 0.3) is 0 Å². The Morgan fingerprint density at radius 2 is 1.91 bits per heavy atom. The second kappa shape index (κ2) is 14.0. The van der Waals surface area contributed by atoms with Crippen LogP contribution in [0, 0.1) is 5.92 Å². The lowest BCUT2D eigenvalue weighted by Crippen LogP contribution is -2.37. The van der Waals surface area contributed by atoms with E-state index in [1.807, 2.05) is 31.3 Å². The Morgan fingerprint density at radius 1 is 1.09 bits per heavy atom.